The lowest BCUT2D eigenvalue weighted by Crippen LogP contribution is -2.07. The smallest absolute Gasteiger partial charge is 0.107 e. The van der Waals surface area contributed by atoms with Gasteiger partial charge in [-0.15, -0.1) is 0 Å². The highest BCUT2D eigenvalue weighted by Gasteiger charge is 2.30. The third kappa shape index (κ3) is 1.72. The van der Waals surface area contributed by atoms with Gasteiger partial charge in [-0.05, 0) is 66.6 Å². The summed E-state index contributed by atoms with van der Waals surface area (Å²) in [5, 5.41) is 9.23. The molecule has 17 heavy (non-hydrogen) atoms. The van der Waals surface area contributed by atoms with Gasteiger partial charge in [0.25, 0.3) is 0 Å². The molecule has 92 valence electrons. The summed E-state index contributed by atoms with van der Waals surface area (Å²) >= 11 is 0. The molecule has 0 saturated carbocycles. The second-order valence-corrected chi connectivity index (χ2v) is 4.90. The fourth-order valence-corrected chi connectivity index (χ4v) is 2.61. The van der Waals surface area contributed by atoms with Crippen LogP contribution < -0.4 is 0 Å². The van der Waals surface area contributed by atoms with Crippen molar-refractivity contribution in [3.63, 3.8) is 0 Å². The molecule has 1 heterocycles. The number of rotatable bonds is 2. The van der Waals surface area contributed by atoms with E-state index in [1.54, 1.807) is 0 Å². The van der Waals surface area contributed by atoms with Crippen LogP contribution in [-0.4, -0.2) is 11.7 Å². The Balaban J connectivity index is 2.64. The van der Waals surface area contributed by atoms with Crippen LogP contribution in [0, 0.1) is 27.7 Å². The molecule has 1 aromatic carbocycles. The maximum atomic E-state index is 9.23. The summed E-state index contributed by atoms with van der Waals surface area (Å²) in [6, 6.07) is 0. The Labute approximate surface area is 103 Å². The largest absolute Gasteiger partial charge is 0.392 e. The van der Waals surface area contributed by atoms with Gasteiger partial charge in [0, 0.05) is 0 Å². The summed E-state index contributed by atoms with van der Waals surface area (Å²) in [6.45, 7) is 13.1. The second kappa shape index (κ2) is 4.28. The van der Waals surface area contributed by atoms with Crippen LogP contribution in [0.2, 0.25) is 0 Å². The summed E-state index contributed by atoms with van der Waals surface area (Å²) in [4.78, 5) is 0. The summed E-state index contributed by atoms with van der Waals surface area (Å²) in [5.41, 5.74) is 8.52. The molecular formula is C15H20O2. The van der Waals surface area contributed by atoms with E-state index in [1.807, 2.05) is 0 Å². The molecule has 0 radical (unpaired) electrons. The Bertz CT molecular complexity index is 486. The van der Waals surface area contributed by atoms with E-state index in [4.69, 9.17) is 4.74 Å². The van der Waals surface area contributed by atoms with Gasteiger partial charge in [0.05, 0.1) is 13.2 Å². The van der Waals surface area contributed by atoms with E-state index in [-0.39, 0.29) is 12.7 Å². The fraction of sp³-hybridized carbons (Fsp3) is 0.467. The molecule has 0 amide bonds. The molecule has 0 aromatic heterocycles. The topological polar surface area (TPSA) is 29.5 Å². The number of aliphatic hydroxyl groups excluding tert-OH is 1. The summed E-state index contributed by atoms with van der Waals surface area (Å²) in [6.07, 6.45) is -0.131. The molecule has 1 aliphatic rings. The standard InChI is InChI=1S/C15H20O2/c1-8(6-16)15-14-12(5)10(3)9(2)11(4)13(14)7-17-15/h15-16H,1,6-7H2,2-5H3. The SMILES string of the molecule is C=C(CO)C1OCc2c(C)c(C)c(C)c(C)c21. The lowest BCUT2D eigenvalue weighted by molar-refractivity contribution is 0.0825. The Morgan fingerprint density at radius 2 is 1.76 bits per heavy atom. The Morgan fingerprint density at radius 1 is 1.18 bits per heavy atom. The first-order chi connectivity index (χ1) is 7.99. The van der Waals surface area contributed by atoms with Gasteiger partial charge < -0.3 is 9.84 Å². The van der Waals surface area contributed by atoms with E-state index in [2.05, 4.69) is 34.3 Å². The maximum absolute atomic E-state index is 9.23. The van der Waals surface area contributed by atoms with E-state index in [0.29, 0.717) is 6.61 Å². The fourth-order valence-electron chi connectivity index (χ4n) is 2.61. The van der Waals surface area contributed by atoms with Crippen LogP contribution in [0.5, 0.6) is 0 Å². The van der Waals surface area contributed by atoms with Crippen LogP contribution in [0.25, 0.3) is 0 Å². The van der Waals surface area contributed by atoms with Gasteiger partial charge in [-0.2, -0.15) is 0 Å². The number of hydrogen-bond donors (Lipinski definition) is 1. The molecule has 0 saturated heterocycles. The van der Waals surface area contributed by atoms with Gasteiger partial charge in [-0.1, -0.05) is 6.58 Å². The van der Waals surface area contributed by atoms with Crippen LogP contribution >= 0.6 is 0 Å². The Morgan fingerprint density at radius 3 is 2.35 bits per heavy atom. The molecule has 1 atom stereocenters. The minimum atomic E-state index is -0.131. The van der Waals surface area contributed by atoms with Crippen molar-refractivity contribution in [3.8, 4) is 0 Å². The molecule has 0 aliphatic carbocycles. The van der Waals surface area contributed by atoms with Gasteiger partial charge in [-0.3, -0.25) is 0 Å². The van der Waals surface area contributed by atoms with Crippen molar-refractivity contribution < 1.29 is 9.84 Å². The predicted molar refractivity (Wildman–Crippen MR) is 69.1 cm³/mol. The minimum Gasteiger partial charge on any atom is -0.392 e. The number of fused-ring (bicyclic) bond motifs is 1. The van der Waals surface area contributed by atoms with Crippen molar-refractivity contribution in [2.24, 2.45) is 0 Å². The Kier molecular flexibility index (Phi) is 3.11. The molecule has 2 heteroatoms. The predicted octanol–water partition coefficient (Wildman–Crippen LogP) is 3.04. The molecule has 1 aromatic rings. The minimum absolute atomic E-state index is 0.0183. The van der Waals surface area contributed by atoms with Gasteiger partial charge in [0.2, 0.25) is 0 Å². The zero-order chi connectivity index (χ0) is 12.7. The molecular weight excluding hydrogens is 212 g/mol. The molecule has 2 nitrogen and oxygen atoms in total. The van der Waals surface area contributed by atoms with Gasteiger partial charge in [0.15, 0.2) is 0 Å². The lowest BCUT2D eigenvalue weighted by atomic mass is 9.87. The van der Waals surface area contributed by atoms with Crippen molar-refractivity contribution in [2.75, 3.05) is 6.61 Å². The van der Waals surface area contributed by atoms with Crippen LogP contribution in [0.1, 0.15) is 39.5 Å². The highest BCUT2D eigenvalue weighted by atomic mass is 16.5. The molecule has 2 rings (SSSR count). The highest BCUT2D eigenvalue weighted by Crippen LogP contribution is 2.41. The van der Waals surface area contributed by atoms with Crippen molar-refractivity contribution in [1.82, 2.24) is 0 Å². The van der Waals surface area contributed by atoms with Gasteiger partial charge in [-0.25, -0.2) is 0 Å². The first-order valence-corrected chi connectivity index (χ1v) is 5.98. The van der Waals surface area contributed by atoms with E-state index < -0.39 is 0 Å². The number of ether oxygens (including phenoxy) is 1. The third-order valence-corrected chi connectivity index (χ3v) is 4.10. The van der Waals surface area contributed by atoms with Crippen molar-refractivity contribution in [2.45, 2.75) is 40.4 Å². The quantitative estimate of drug-likeness (QED) is 0.794. The highest BCUT2D eigenvalue weighted by molar-refractivity contribution is 5.53. The molecule has 0 spiro atoms. The molecule has 0 fully saturated rings. The van der Waals surface area contributed by atoms with Crippen LogP contribution in [-0.2, 0) is 11.3 Å². The lowest BCUT2D eigenvalue weighted by Gasteiger charge is -2.19. The maximum Gasteiger partial charge on any atom is 0.107 e. The zero-order valence-corrected chi connectivity index (χ0v) is 11.1. The van der Waals surface area contributed by atoms with Crippen LogP contribution in [0.15, 0.2) is 12.2 Å². The Hall–Kier alpha value is -1.12. The average Bonchev–Trinajstić information content (AvgIpc) is 2.77. The summed E-state index contributed by atoms with van der Waals surface area (Å²) < 4.78 is 5.79. The molecule has 1 unspecified atom stereocenters. The molecule has 0 bridgehead atoms. The van der Waals surface area contributed by atoms with E-state index >= 15 is 0 Å². The molecule has 1 N–H and O–H groups in total. The summed E-state index contributed by atoms with van der Waals surface area (Å²) in [7, 11) is 0. The number of aliphatic hydroxyl groups is 1. The zero-order valence-electron chi connectivity index (χ0n) is 11.1. The van der Waals surface area contributed by atoms with Crippen molar-refractivity contribution in [1.29, 1.82) is 0 Å². The second-order valence-electron chi connectivity index (χ2n) is 4.90. The van der Waals surface area contributed by atoms with Gasteiger partial charge >= 0.3 is 0 Å². The van der Waals surface area contributed by atoms with Crippen LogP contribution in [0.4, 0.5) is 0 Å². The monoisotopic (exact) mass is 232 g/mol. The summed E-state index contributed by atoms with van der Waals surface area (Å²) in [5.74, 6) is 0. The molecule has 1 aliphatic heterocycles. The first-order valence-electron chi connectivity index (χ1n) is 5.98. The third-order valence-electron chi connectivity index (χ3n) is 4.10. The van der Waals surface area contributed by atoms with E-state index in [0.717, 1.165) is 5.57 Å². The number of hydrogen-bond acceptors (Lipinski definition) is 2. The van der Waals surface area contributed by atoms with Crippen molar-refractivity contribution in [3.05, 3.63) is 45.5 Å². The first kappa shape index (κ1) is 12.3. The van der Waals surface area contributed by atoms with Gasteiger partial charge in [0.1, 0.15) is 6.10 Å². The van der Waals surface area contributed by atoms with Crippen molar-refractivity contribution >= 4 is 0 Å². The normalized spacial score (nSPS) is 18.3. The van der Waals surface area contributed by atoms with Crippen LogP contribution in [0.3, 0.4) is 0 Å². The number of benzene rings is 1. The van der Waals surface area contributed by atoms with E-state index in [1.165, 1.54) is 33.4 Å². The van der Waals surface area contributed by atoms with E-state index in [9.17, 15) is 5.11 Å². The average molecular weight is 232 g/mol.